The molecule has 0 radical (unpaired) electrons. The molecule has 0 rings (SSSR count). The van der Waals surface area contributed by atoms with Crippen molar-refractivity contribution in [2.24, 2.45) is 0 Å². The molecule has 0 aromatic rings. The fourth-order valence-corrected chi connectivity index (χ4v) is 2.77. The van der Waals surface area contributed by atoms with Crippen LogP contribution in [0.2, 0.25) is 0 Å². The summed E-state index contributed by atoms with van der Waals surface area (Å²) in [4.78, 5) is 46.4. The van der Waals surface area contributed by atoms with Crippen LogP contribution in [0.5, 0.6) is 0 Å². The monoisotopic (exact) mass is 457 g/mol. The maximum Gasteiger partial charge on any atom is 0.408 e. The van der Waals surface area contributed by atoms with Gasteiger partial charge < -0.3 is 25.4 Å². The molecule has 0 aliphatic heterocycles. The Kier molecular flexibility index (Phi) is 16.9. The molecule has 0 aliphatic carbocycles. The van der Waals surface area contributed by atoms with Crippen LogP contribution >= 0.6 is 0 Å². The fraction of sp³-hybridized carbons (Fsp3) is 0.826. The Bertz CT molecular complexity index is 560. The Labute approximate surface area is 192 Å². The molecular formula is C23H43N3O6. The second-order valence-electron chi connectivity index (χ2n) is 8.81. The average molecular weight is 458 g/mol. The van der Waals surface area contributed by atoms with E-state index in [2.05, 4.69) is 22.9 Å². The largest absolute Gasteiger partial charge is 0.464 e. The quantitative estimate of drug-likeness (QED) is 0.228. The van der Waals surface area contributed by atoms with Gasteiger partial charge in [0.2, 0.25) is 11.8 Å². The molecule has 3 amide bonds. The molecule has 0 aromatic carbocycles. The molecule has 0 heterocycles. The van der Waals surface area contributed by atoms with E-state index in [1.165, 1.54) is 44.9 Å². The SMILES string of the molecule is CCCCCCCCCCCCOC(=O)CNC(=O)CNC(=O)CNC(=O)OC(C)(C)C. The van der Waals surface area contributed by atoms with E-state index in [0.717, 1.165) is 19.3 Å². The maximum absolute atomic E-state index is 11.7. The van der Waals surface area contributed by atoms with E-state index in [-0.39, 0.29) is 19.6 Å². The number of ether oxygens (including phenoxy) is 2. The van der Waals surface area contributed by atoms with Gasteiger partial charge in [-0.3, -0.25) is 14.4 Å². The Morgan fingerprint density at radius 3 is 1.66 bits per heavy atom. The first-order valence-corrected chi connectivity index (χ1v) is 11.8. The molecule has 0 atom stereocenters. The highest BCUT2D eigenvalue weighted by molar-refractivity contribution is 5.88. The zero-order chi connectivity index (χ0) is 24.2. The van der Waals surface area contributed by atoms with Gasteiger partial charge in [0.15, 0.2) is 0 Å². The molecule has 0 aliphatic rings. The number of alkyl carbamates (subject to hydrolysis) is 1. The van der Waals surface area contributed by atoms with Crippen molar-refractivity contribution in [3.8, 4) is 0 Å². The molecule has 3 N–H and O–H groups in total. The number of hydrogen-bond acceptors (Lipinski definition) is 6. The molecule has 0 saturated heterocycles. The smallest absolute Gasteiger partial charge is 0.408 e. The van der Waals surface area contributed by atoms with Crippen molar-refractivity contribution in [3.63, 3.8) is 0 Å². The van der Waals surface area contributed by atoms with E-state index >= 15 is 0 Å². The highest BCUT2D eigenvalue weighted by Crippen LogP contribution is 2.10. The third-order valence-corrected chi connectivity index (χ3v) is 4.43. The van der Waals surface area contributed by atoms with Gasteiger partial charge in [-0.05, 0) is 27.2 Å². The van der Waals surface area contributed by atoms with E-state index < -0.39 is 29.5 Å². The number of unbranched alkanes of at least 4 members (excludes halogenated alkanes) is 9. The van der Waals surface area contributed by atoms with Gasteiger partial charge in [0, 0.05) is 0 Å². The topological polar surface area (TPSA) is 123 Å². The summed E-state index contributed by atoms with van der Waals surface area (Å²) in [6.45, 7) is 6.82. The molecule has 0 spiro atoms. The lowest BCUT2D eigenvalue weighted by Gasteiger charge is -2.19. The van der Waals surface area contributed by atoms with Crippen LogP contribution < -0.4 is 16.0 Å². The predicted octanol–water partition coefficient (Wildman–Crippen LogP) is 3.21. The summed E-state index contributed by atoms with van der Waals surface area (Å²) in [5.74, 6) is -1.58. The van der Waals surface area contributed by atoms with Crippen molar-refractivity contribution < 1.29 is 28.7 Å². The van der Waals surface area contributed by atoms with Crippen LogP contribution in [0.3, 0.4) is 0 Å². The summed E-state index contributed by atoms with van der Waals surface area (Å²) in [6, 6.07) is 0. The van der Waals surface area contributed by atoms with Gasteiger partial charge in [0.1, 0.15) is 18.7 Å². The van der Waals surface area contributed by atoms with Crippen molar-refractivity contribution >= 4 is 23.9 Å². The molecule has 0 unspecified atom stereocenters. The van der Waals surface area contributed by atoms with E-state index in [1.54, 1.807) is 20.8 Å². The molecule has 0 aromatic heterocycles. The molecular weight excluding hydrogens is 414 g/mol. The van der Waals surface area contributed by atoms with Gasteiger partial charge in [-0.25, -0.2) is 4.79 Å². The van der Waals surface area contributed by atoms with Crippen LogP contribution in [0.15, 0.2) is 0 Å². The number of carbonyl (C=O) groups is 4. The summed E-state index contributed by atoms with van der Waals surface area (Å²) < 4.78 is 10.1. The number of carbonyl (C=O) groups excluding carboxylic acids is 4. The molecule has 0 bridgehead atoms. The standard InChI is InChI=1S/C23H43N3O6/c1-5-6-7-8-9-10-11-12-13-14-15-31-21(29)18-25-19(27)16-24-20(28)17-26-22(30)32-23(2,3)4/h5-18H2,1-4H3,(H,24,28)(H,25,27)(H,26,30). The van der Waals surface area contributed by atoms with Crippen molar-refractivity contribution in [1.82, 2.24) is 16.0 Å². The van der Waals surface area contributed by atoms with Crippen LogP contribution in [-0.4, -0.2) is 55.7 Å². The lowest BCUT2D eigenvalue weighted by atomic mass is 10.1. The average Bonchev–Trinajstić information content (AvgIpc) is 2.71. The van der Waals surface area contributed by atoms with Crippen molar-refractivity contribution in [2.75, 3.05) is 26.2 Å². The molecule has 9 nitrogen and oxygen atoms in total. The van der Waals surface area contributed by atoms with E-state index in [1.807, 2.05) is 0 Å². The maximum atomic E-state index is 11.7. The van der Waals surface area contributed by atoms with Gasteiger partial charge in [-0.1, -0.05) is 64.7 Å². The summed E-state index contributed by atoms with van der Waals surface area (Å²) >= 11 is 0. The normalized spacial score (nSPS) is 10.9. The summed E-state index contributed by atoms with van der Waals surface area (Å²) in [5.41, 5.74) is -0.664. The number of nitrogens with one attached hydrogen (secondary N) is 3. The minimum Gasteiger partial charge on any atom is -0.464 e. The van der Waals surface area contributed by atoms with E-state index in [0.29, 0.717) is 6.61 Å². The van der Waals surface area contributed by atoms with Crippen molar-refractivity contribution in [2.45, 2.75) is 97.5 Å². The minimum absolute atomic E-state index is 0.247. The third kappa shape index (κ3) is 20.9. The highest BCUT2D eigenvalue weighted by atomic mass is 16.6. The fourth-order valence-electron chi connectivity index (χ4n) is 2.77. The first-order chi connectivity index (χ1) is 15.1. The first-order valence-electron chi connectivity index (χ1n) is 11.8. The van der Waals surface area contributed by atoms with Gasteiger partial charge in [0.05, 0.1) is 13.2 Å². The second-order valence-corrected chi connectivity index (χ2v) is 8.81. The van der Waals surface area contributed by atoms with E-state index in [4.69, 9.17) is 9.47 Å². The lowest BCUT2D eigenvalue weighted by molar-refractivity contribution is -0.144. The Balaban J connectivity index is 3.60. The first kappa shape index (κ1) is 29.7. The van der Waals surface area contributed by atoms with Crippen molar-refractivity contribution in [1.29, 1.82) is 0 Å². The summed E-state index contributed by atoms with van der Waals surface area (Å²) in [7, 11) is 0. The lowest BCUT2D eigenvalue weighted by Crippen LogP contribution is -2.44. The number of amides is 3. The highest BCUT2D eigenvalue weighted by Gasteiger charge is 2.16. The van der Waals surface area contributed by atoms with Crippen LogP contribution in [-0.2, 0) is 23.9 Å². The van der Waals surface area contributed by atoms with Crippen LogP contribution in [0, 0.1) is 0 Å². The predicted molar refractivity (Wildman–Crippen MR) is 123 cm³/mol. The second kappa shape index (κ2) is 18.3. The van der Waals surface area contributed by atoms with Gasteiger partial charge in [-0.2, -0.15) is 0 Å². The van der Waals surface area contributed by atoms with Gasteiger partial charge >= 0.3 is 12.1 Å². The zero-order valence-corrected chi connectivity index (χ0v) is 20.3. The minimum atomic E-state index is -0.720. The Hall–Kier alpha value is -2.32. The van der Waals surface area contributed by atoms with Crippen molar-refractivity contribution in [3.05, 3.63) is 0 Å². The zero-order valence-electron chi connectivity index (χ0n) is 20.3. The Morgan fingerprint density at radius 2 is 1.12 bits per heavy atom. The number of hydrogen-bond donors (Lipinski definition) is 3. The molecule has 186 valence electrons. The van der Waals surface area contributed by atoms with E-state index in [9.17, 15) is 19.2 Å². The molecule has 9 heteroatoms. The van der Waals surface area contributed by atoms with Gasteiger partial charge in [0.25, 0.3) is 0 Å². The van der Waals surface area contributed by atoms with Crippen LogP contribution in [0.1, 0.15) is 91.9 Å². The Morgan fingerprint density at radius 1 is 0.656 bits per heavy atom. The van der Waals surface area contributed by atoms with Crippen LogP contribution in [0.25, 0.3) is 0 Å². The molecule has 32 heavy (non-hydrogen) atoms. The third-order valence-electron chi connectivity index (χ3n) is 4.43. The van der Waals surface area contributed by atoms with Gasteiger partial charge in [-0.15, -0.1) is 0 Å². The van der Waals surface area contributed by atoms with Crippen LogP contribution in [0.4, 0.5) is 4.79 Å². The summed E-state index contributed by atoms with van der Waals surface area (Å²) in [6.07, 6.45) is 11.3. The number of rotatable bonds is 17. The molecule has 0 saturated carbocycles. The number of esters is 1. The molecule has 0 fully saturated rings. The summed E-state index contributed by atoms with van der Waals surface area (Å²) in [5, 5.41) is 7.01.